The second-order valence-corrected chi connectivity index (χ2v) is 6.78. The third-order valence-electron chi connectivity index (χ3n) is 4.17. The fourth-order valence-corrected chi connectivity index (χ4v) is 4.10. The van der Waals surface area contributed by atoms with Crippen molar-refractivity contribution in [1.29, 1.82) is 0 Å². The lowest BCUT2D eigenvalue weighted by Crippen LogP contribution is -2.33. The molecule has 3 nitrogen and oxygen atoms in total. The number of halogens is 3. The summed E-state index contributed by atoms with van der Waals surface area (Å²) in [6.45, 7) is 2.33. The number of nitrogens with one attached hydrogen (secondary N) is 1. The predicted octanol–water partition coefficient (Wildman–Crippen LogP) is 3.93. The highest BCUT2D eigenvalue weighted by atomic mass is 32.1. The summed E-state index contributed by atoms with van der Waals surface area (Å²) in [5.41, 5.74) is -1.42. The van der Waals surface area contributed by atoms with Crippen LogP contribution in [0.25, 0.3) is 0 Å². The smallest absolute Gasteiger partial charge is 0.371 e. The quantitative estimate of drug-likeness (QED) is 0.912. The molecule has 0 spiro atoms. The largest absolute Gasteiger partial charge is 0.434 e. The van der Waals surface area contributed by atoms with Crippen molar-refractivity contribution in [3.8, 4) is 0 Å². The van der Waals surface area contributed by atoms with E-state index < -0.39 is 17.5 Å². The molecule has 120 valence electrons. The van der Waals surface area contributed by atoms with Crippen molar-refractivity contribution < 1.29 is 17.9 Å². The van der Waals surface area contributed by atoms with Gasteiger partial charge in [-0.25, -0.2) is 4.98 Å². The van der Waals surface area contributed by atoms with Crippen molar-refractivity contribution in [2.45, 2.75) is 50.9 Å². The summed E-state index contributed by atoms with van der Waals surface area (Å²) in [6.07, 6.45) is -1.05. The number of nitrogens with zero attached hydrogens (tertiary/aromatic N) is 1. The van der Waals surface area contributed by atoms with Crippen LogP contribution in [0.5, 0.6) is 0 Å². The summed E-state index contributed by atoms with van der Waals surface area (Å²) in [5, 5.41) is 3.25. The molecule has 1 aromatic rings. The van der Waals surface area contributed by atoms with E-state index in [1.807, 2.05) is 0 Å². The van der Waals surface area contributed by atoms with Crippen molar-refractivity contribution >= 4 is 11.3 Å². The first-order chi connectivity index (χ1) is 9.82. The van der Waals surface area contributed by atoms with E-state index in [9.17, 15) is 13.2 Å². The highest BCUT2D eigenvalue weighted by Crippen LogP contribution is 2.46. The molecular formula is C14H21F3N2OS. The minimum Gasteiger partial charge on any atom is -0.371 e. The normalized spacial score (nSPS) is 27.0. The molecule has 2 rings (SSSR count). The maximum absolute atomic E-state index is 13.1. The standard InChI is InChI=1S/C14H21F3N2OS/c1-9-4-6-13(20-3,7-5-9)12-19-11(14(15,16)17)10(21-12)8-18-2/h9,18H,4-8H2,1-3H3. The highest BCUT2D eigenvalue weighted by Gasteiger charge is 2.43. The van der Waals surface area contributed by atoms with Crippen LogP contribution in [0.3, 0.4) is 0 Å². The van der Waals surface area contributed by atoms with Crippen LogP contribution < -0.4 is 5.32 Å². The van der Waals surface area contributed by atoms with E-state index >= 15 is 0 Å². The Morgan fingerprint density at radius 2 is 2.00 bits per heavy atom. The SMILES string of the molecule is CNCc1sc(C2(OC)CCC(C)CC2)nc1C(F)(F)F. The van der Waals surface area contributed by atoms with Gasteiger partial charge in [0.15, 0.2) is 5.69 Å². The third-order valence-corrected chi connectivity index (χ3v) is 5.41. The van der Waals surface area contributed by atoms with Gasteiger partial charge in [-0.3, -0.25) is 0 Å². The van der Waals surface area contributed by atoms with Gasteiger partial charge in [0.1, 0.15) is 10.6 Å². The zero-order valence-corrected chi connectivity index (χ0v) is 13.3. The second kappa shape index (κ2) is 6.22. The molecular weight excluding hydrogens is 301 g/mol. The minimum atomic E-state index is -4.42. The van der Waals surface area contributed by atoms with Gasteiger partial charge in [0.2, 0.25) is 0 Å². The van der Waals surface area contributed by atoms with E-state index in [0.29, 0.717) is 10.9 Å². The van der Waals surface area contributed by atoms with E-state index in [2.05, 4.69) is 17.2 Å². The first kappa shape index (κ1) is 16.7. The average Bonchev–Trinajstić information content (AvgIpc) is 2.85. The van der Waals surface area contributed by atoms with Gasteiger partial charge in [-0.05, 0) is 38.6 Å². The van der Waals surface area contributed by atoms with Crippen LogP contribution >= 0.6 is 11.3 Å². The van der Waals surface area contributed by atoms with Gasteiger partial charge in [0.05, 0.1) is 4.88 Å². The molecule has 0 amide bonds. The maximum Gasteiger partial charge on any atom is 0.434 e. The summed E-state index contributed by atoms with van der Waals surface area (Å²) in [4.78, 5) is 4.15. The summed E-state index contributed by atoms with van der Waals surface area (Å²) in [7, 11) is 3.20. The molecule has 1 aliphatic rings. The van der Waals surface area contributed by atoms with E-state index in [1.54, 1.807) is 14.2 Å². The van der Waals surface area contributed by atoms with Gasteiger partial charge in [0.25, 0.3) is 0 Å². The lowest BCUT2D eigenvalue weighted by atomic mass is 9.80. The van der Waals surface area contributed by atoms with Crippen LogP contribution in [0.1, 0.15) is 48.2 Å². The van der Waals surface area contributed by atoms with Crippen LogP contribution in [0, 0.1) is 5.92 Å². The molecule has 1 N–H and O–H groups in total. The number of alkyl halides is 3. The molecule has 1 heterocycles. The molecule has 0 bridgehead atoms. The summed E-state index contributed by atoms with van der Waals surface area (Å²) >= 11 is 1.12. The molecule has 1 aromatic heterocycles. The zero-order chi connectivity index (χ0) is 15.7. The maximum atomic E-state index is 13.1. The van der Waals surface area contributed by atoms with Crippen molar-refractivity contribution in [3.63, 3.8) is 0 Å². The lowest BCUT2D eigenvalue weighted by Gasteiger charge is -2.36. The summed E-state index contributed by atoms with van der Waals surface area (Å²) < 4.78 is 45.0. The van der Waals surface area contributed by atoms with Gasteiger partial charge in [-0.1, -0.05) is 6.92 Å². The van der Waals surface area contributed by atoms with Gasteiger partial charge in [-0.2, -0.15) is 13.2 Å². The Balaban J connectivity index is 2.38. The molecule has 21 heavy (non-hydrogen) atoms. The number of hydrogen-bond donors (Lipinski definition) is 1. The Hall–Kier alpha value is -0.660. The molecule has 0 atom stereocenters. The van der Waals surface area contributed by atoms with Crippen molar-refractivity contribution in [2.24, 2.45) is 5.92 Å². The summed E-state index contributed by atoms with van der Waals surface area (Å²) in [6, 6.07) is 0. The number of rotatable bonds is 4. The first-order valence-corrected chi connectivity index (χ1v) is 7.91. The Morgan fingerprint density at radius 3 is 2.48 bits per heavy atom. The number of ether oxygens (including phenoxy) is 1. The van der Waals surface area contributed by atoms with Crippen molar-refractivity contribution in [3.05, 3.63) is 15.6 Å². The van der Waals surface area contributed by atoms with Crippen LogP contribution in [0.2, 0.25) is 0 Å². The van der Waals surface area contributed by atoms with E-state index in [-0.39, 0.29) is 11.4 Å². The number of aromatic nitrogens is 1. The van der Waals surface area contributed by atoms with Crippen LogP contribution in [-0.4, -0.2) is 19.1 Å². The Kier molecular flexibility index (Phi) is 4.95. The van der Waals surface area contributed by atoms with Crippen molar-refractivity contribution in [1.82, 2.24) is 10.3 Å². The third kappa shape index (κ3) is 3.40. The van der Waals surface area contributed by atoms with E-state index in [4.69, 9.17) is 4.74 Å². The lowest BCUT2D eigenvalue weighted by molar-refractivity contribution is -0.141. The molecule has 7 heteroatoms. The van der Waals surface area contributed by atoms with Crippen molar-refractivity contribution in [2.75, 3.05) is 14.2 Å². The number of hydrogen-bond acceptors (Lipinski definition) is 4. The highest BCUT2D eigenvalue weighted by molar-refractivity contribution is 7.11. The van der Waals surface area contributed by atoms with Crippen LogP contribution in [0.4, 0.5) is 13.2 Å². The van der Waals surface area contributed by atoms with Crippen LogP contribution in [0.15, 0.2) is 0 Å². The molecule has 0 aromatic carbocycles. The fraction of sp³-hybridized carbons (Fsp3) is 0.786. The molecule has 0 aliphatic heterocycles. The molecule has 1 fully saturated rings. The molecule has 1 aliphatic carbocycles. The monoisotopic (exact) mass is 322 g/mol. The number of thiazole rings is 1. The molecule has 0 radical (unpaired) electrons. The van der Waals surface area contributed by atoms with E-state index in [0.717, 1.165) is 37.0 Å². The minimum absolute atomic E-state index is 0.169. The van der Waals surface area contributed by atoms with E-state index in [1.165, 1.54) is 0 Å². The van der Waals surface area contributed by atoms with Crippen LogP contribution in [-0.2, 0) is 23.1 Å². The number of methoxy groups -OCH3 is 1. The molecule has 0 unspecified atom stereocenters. The molecule has 0 saturated heterocycles. The Bertz CT molecular complexity index is 479. The van der Waals surface area contributed by atoms with Gasteiger partial charge >= 0.3 is 6.18 Å². The molecule has 1 saturated carbocycles. The second-order valence-electron chi connectivity index (χ2n) is 5.70. The van der Waals surface area contributed by atoms with Gasteiger partial charge in [-0.15, -0.1) is 11.3 Å². The van der Waals surface area contributed by atoms with Gasteiger partial charge < -0.3 is 10.1 Å². The predicted molar refractivity (Wildman–Crippen MR) is 76.2 cm³/mol. The first-order valence-electron chi connectivity index (χ1n) is 7.09. The summed E-state index contributed by atoms with van der Waals surface area (Å²) in [5.74, 6) is 0.590. The zero-order valence-electron chi connectivity index (χ0n) is 12.5. The average molecular weight is 322 g/mol. The Morgan fingerprint density at radius 1 is 1.38 bits per heavy atom. The fourth-order valence-electron chi connectivity index (χ4n) is 2.78. The van der Waals surface area contributed by atoms with Gasteiger partial charge in [0, 0.05) is 13.7 Å². The Labute approximate surface area is 126 Å². The topological polar surface area (TPSA) is 34.1 Å².